The Morgan fingerprint density at radius 3 is 3.08 bits per heavy atom. The van der Waals surface area contributed by atoms with Gasteiger partial charge in [0.25, 0.3) is 0 Å². The summed E-state index contributed by atoms with van der Waals surface area (Å²) >= 11 is 0. The lowest BCUT2D eigenvalue weighted by atomic mass is 9.94. The summed E-state index contributed by atoms with van der Waals surface area (Å²) in [5.41, 5.74) is 0. The molecule has 0 radical (unpaired) electrons. The Hall–Kier alpha value is -0.0800. The number of nitrogens with zero attached hydrogens (tertiary/aromatic N) is 1. The molecule has 1 N–H and O–H groups in total. The molecule has 2 rings (SSSR count). The molecule has 2 aliphatic heterocycles. The zero-order chi connectivity index (χ0) is 9.10. The zero-order valence-electron chi connectivity index (χ0n) is 8.76. The van der Waals surface area contributed by atoms with E-state index in [1.54, 1.807) is 0 Å². The summed E-state index contributed by atoms with van der Waals surface area (Å²) < 4.78 is 0. The summed E-state index contributed by atoms with van der Waals surface area (Å²) in [4.78, 5) is 2.65. The van der Waals surface area contributed by atoms with Crippen LogP contribution in [0.4, 0.5) is 0 Å². The van der Waals surface area contributed by atoms with E-state index < -0.39 is 0 Å². The molecule has 0 aromatic heterocycles. The first-order valence-electron chi connectivity index (χ1n) is 5.86. The van der Waals surface area contributed by atoms with Crippen molar-refractivity contribution in [2.24, 2.45) is 5.92 Å². The standard InChI is InChI=1S/C11H22N2/c1-2-3-7-13-8-10-5-4-6-12-11(10)9-13/h10-12H,2-9H2,1H3. The summed E-state index contributed by atoms with van der Waals surface area (Å²) in [7, 11) is 0. The number of piperidine rings is 1. The van der Waals surface area contributed by atoms with Crippen LogP contribution in [-0.2, 0) is 0 Å². The van der Waals surface area contributed by atoms with E-state index in [0.717, 1.165) is 12.0 Å². The predicted molar refractivity (Wildman–Crippen MR) is 55.9 cm³/mol. The van der Waals surface area contributed by atoms with Gasteiger partial charge in [-0.15, -0.1) is 0 Å². The number of nitrogens with one attached hydrogen (secondary N) is 1. The van der Waals surface area contributed by atoms with Gasteiger partial charge in [0.2, 0.25) is 0 Å². The Labute approximate surface area is 81.7 Å². The van der Waals surface area contributed by atoms with Gasteiger partial charge in [0, 0.05) is 19.1 Å². The van der Waals surface area contributed by atoms with Gasteiger partial charge in [0.05, 0.1) is 0 Å². The van der Waals surface area contributed by atoms with Gasteiger partial charge in [0.15, 0.2) is 0 Å². The molecule has 2 heterocycles. The summed E-state index contributed by atoms with van der Waals surface area (Å²) in [6.07, 6.45) is 5.56. The van der Waals surface area contributed by atoms with Crippen molar-refractivity contribution in [3.63, 3.8) is 0 Å². The summed E-state index contributed by atoms with van der Waals surface area (Å²) in [5, 5.41) is 3.65. The largest absolute Gasteiger partial charge is 0.312 e. The lowest BCUT2D eigenvalue weighted by molar-refractivity contribution is 0.314. The number of hydrogen-bond donors (Lipinski definition) is 1. The van der Waals surface area contributed by atoms with Crippen LogP contribution >= 0.6 is 0 Å². The molecule has 0 aromatic rings. The summed E-state index contributed by atoms with van der Waals surface area (Å²) in [6, 6.07) is 0.825. The van der Waals surface area contributed by atoms with E-state index >= 15 is 0 Å². The molecule has 0 saturated carbocycles. The van der Waals surface area contributed by atoms with E-state index in [4.69, 9.17) is 0 Å². The lowest BCUT2D eigenvalue weighted by Gasteiger charge is -2.24. The molecule has 2 heteroatoms. The van der Waals surface area contributed by atoms with E-state index in [1.807, 2.05) is 0 Å². The third-order valence-corrected chi connectivity index (χ3v) is 3.50. The van der Waals surface area contributed by atoms with Crippen molar-refractivity contribution in [2.75, 3.05) is 26.2 Å². The van der Waals surface area contributed by atoms with Crippen LogP contribution in [0.2, 0.25) is 0 Å². The molecule has 0 aliphatic carbocycles. The number of rotatable bonds is 3. The van der Waals surface area contributed by atoms with Crippen LogP contribution in [0.15, 0.2) is 0 Å². The van der Waals surface area contributed by atoms with Crippen LogP contribution in [0, 0.1) is 5.92 Å². The van der Waals surface area contributed by atoms with Crippen LogP contribution in [0.1, 0.15) is 32.6 Å². The Morgan fingerprint density at radius 2 is 2.31 bits per heavy atom. The maximum absolute atomic E-state index is 3.65. The Balaban J connectivity index is 1.77. The fraction of sp³-hybridized carbons (Fsp3) is 1.00. The third kappa shape index (κ3) is 2.23. The second-order valence-electron chi connectivity index (χ2n) is 4.58. The second kappa shape index (κ2) is 4.43. The fourth-order valence-corrected chi connectivity index (χ4v) is 2.70. The first-order chi connectivity index (χ1) is 6.40. The normalized spacial score (nSPS) is 34.8. The van der Waals surface area contributed by atoms with E-state index in [0.29, 0.717) is 0 Å². The zero-order valence-corrected chi connectivity index (χ0v) is 8.76. The number of hydrogen-bond acceptors (Lipinski definition) is 2. The van der Waals surface area contributed by atoms with Gasteiger partial charge in [0.1, 0.15) is 0 Å². The highest BCUT2D eigenvalue weighted by atomic mass is 15.2. The molecule has 2 atom stereocenters. The Kier molecular flexibility index (Phi) is 3.23. The number of likely N-dealkylation sites (tertiary alicyclic amines) is 1. The quantitative estimate of drug-likeness (QED) is 0.711. The first-order valence-corrected chi connectivity index (χ1v) is 5.86. The van der Waals surface area contributed by atoms with Crippen molar-refractivity contribution in [1.82, 2.24) is 10.2 Å². The maximum atomic E-state index is 3.65. The Morgan fingerprint density at radius 1 is 1.38 bits per heavy atom. The summed E-state index contributed by atoms with van der Waals surface area (Å²) in [6.45, 7) is 7.53. The van der Waals surface area contributed by atoms with Gasteiger partial charge in [-0.2, -0.15) is 0 Å². The SMILES string of the molecule is CCCCN1CC2CCCNC2C1. The van der Waals surface area contributed by atoms with Crippen LogP contribution in [0.3, 0.4) is 0 Å². The molecule has 0 bridgehead atoms. The molecule has 76 valence electrons. The van der Waals surface area contributed by atoms with Gasteiger partial charge in [-0.25, -0.2) is 0 Å². The summed E-state index contributed by atoms with van der Waals surface area (Å²) in [5.74, 6) is 0.964. The number of unbranched alkanes of at least 4 members (excludes halogenated alkanes) is 1. The van der Waals surface area contributed by atoms with Gasteiger partial charge in [-0.3, -0.25) is 0 Å². The number of fused-ring (bicyclic) bond motifs is 1. The average molecular weight is 182 g/mol. The molecule has 2 saturated heterocycles. The van der Waals surface area contributed by atoms with Crippen molar-refractivity contribution in [2.45, 2.75) is 38.6 Å². The molecular weight excluding hydrogens is 160 g/mol. The van der Waals surface area contributed by atoms with Crippen LogP contribution < -0.4 is 5.32 Å². The van der Waals surface area contributed by atoms with E-state index in [1.165, 1.54) is 51.9 Å². The molecule has 0 amide bonds. The monoisotopic (exact) mass is 182 g/mol. The minimum Gasteiger partial charge on any atom is -0.312 e. The van der Waals surface area contributed by atoms with Crippen molar-refractivity contribution in [1.29, 1.82) is 0 Å². The molecule has 0 aromatic carbocycles. The van der Waals surface area contributed by atoms with Gasteiger partial charge >= 0.3 is 0 Å². The van der Waals surface area contributed by atoms with Crippen LogP contribution in [-0.4, -0.2) is 37.1 Å². The van der Waals surface area contributed by atoms with Crippen molar-refractivity contribution < 1.29 is 0 Å². The molecule has 2 aliphatic rings. The Bertz CT molecular complexity index is 144. The van der Waals surface area contributed by atoms with Crippen molar-refractivity contribution in [3.8, 4) is 0 Å². The highest BCUT2D eigenvalue weighted by Gasteiger charge is 2.33. The van der Waals surface area contributed by atoms with Gasteiger partial charge in [-0.05, 0) is 38.3 Å². The first kappa shape index (κ1) is 9.47. The second-order valence-corrected chi connectivity index (χ2v) is 4.58. The minimum absolute atomic E-state index is 0.825. The average Bonchev–Trinajstić information content (AvgIpc) is 2.57. The molecular formula is C11H22N2. The van der Waals surface area contributed by atoms with Gasteiger partial charge < -0.3 is 10.2 Å². The van der Waals surface area contributed by atoms with Crippen molar-refractivity contribution in [3.05, 3.63) is 0 Å². The topological polar surface area (TPSA) is 15.3 Å². The highest BCUT2D eigenvalue weighted by Crippen LogP contribution is 2.24. The van der Waals surface area contributed by atoms with Crippen LogP contribution in [0.5, 0.6) is 0 Å². The minimum atomic E-state index is 0.825. The van der Waals surface area contributed by atoms with E-state index in [-0.39, 0.29) is 0 Å². The van der Waals surface area contributed by atoms with E-state index in [2.05, 4.69) is 17.1 Å². The molecule has 2 fully saturated rings. The third-order valence-electron chi connectivity index (χ3n) is 3.50. The maximum Gasteiger partial charge on any atom is 0.0235 e. The molecule has 13 heavy (non-hydrogen) atoms. The molecule has 2 unspecified atom stereocenters. The molecule has 2 nitrogen and oxygen atoms in total. The lowest BCUT2D eigenvalue weighted by Crippen LogP contribution is -2.40. The van der Waals surface area contributed by atoms with Gasteiger partial charge in [-0.1, -0.05) is 13.3 Å². The van der Waals surface area contributed by atoms with Crippen molar-refractivity contribution >= 4 is 0 Å². The van der Waals surface area contributed by atoms with Crippen LogP contribution in [0.25, 0.3) is 0 Å². The smallest absolute Gasteiger partial charge is 0.0235 e. The highest BCUT2D eigenvalue weighted by molar-refractivity contribution is 4.91. The molecule has 0 spiro atoms. The van der Waals surface area contributed by atoms with E-state index in [9.17, 15) is 0 Å². The predicted octanol–water partition coefficient (Wildman–Crippen LogP) is 1.47. The fourth-order valence-electron chi connectivity index (χ4n) is 2.70.